The van der Waals surface area contributed by atoms with Crippen LogP contribution in [0.25, 0.3) is 6.08 Å². The third kappa shape index (κ3) is 4.67. The summed E-state index contributed by atoms with van der Waals surface area (Å²) in [6.45, 7) is 7.29. The number of nitrogens with zero attached hydrogens (tertiary/aromatic N) is 1. The number of nitrogens with one attached hydrogen (secondary N) is 1. The molecule has 21 heavy (non-hydrogen) atoms. The SMILES string of the molecule is CCN(CC)c1ccc(NCC=Cc2ccccc2)cc1. The van der Waals surface area contributed by atoms with E-state index in [1.807, 2.05) is 6.07 Å². The number of benzene rings is 2. The molecule has 0 aliphatic carbocycles. The Morgan fingerprint density at radius 2 is 1.57 bits per heavy atom. The minimum absolute atomic E-state index is 0.833. The van der Waals surface area contributed by atoms with E-state index in [0.717, 1.165) is 25.3 Å². The van der Waals surface area contributed by atoms with E-state index in [1.54, 1.807) is 0 Å². The molecule has 0 bridgehead atoms. The Hall–Kier alpha value is -2.22. The summed E-state index contributed by atoms with van der Waals surface area (Å²) in [7, 11) is 0. The van der Waals surface area contributed by atoms with Crippen LogP contribution in [0.15, 0.2) is 60.7 Å². The molecule has 110 valence electrons. The molecule has 0 saturated carbocycles. The van der Waals surface area contributed by atoms with Crippen LogP contribution in [0.5, 0.6) is 0 Å². The van der Waals surface area contributed by atoms with Crippen molar-refractivity contribution in [2.75, 3.05) is 29.9 Å². The maximum absolute atomic E-state index is 3.41. The van der Waals surface area contributed by atoms with Crippen molar-refractivity contribution >= 4 is 17.5 Å². The van der Waals surface area contributed by atoms with Crippen LogP contribution in [0.4, 0.5) is 11.4 Å². The number of anilines is 2. The first-order valence-electron chi connectivity index (χ1n) is 7.64. The standard InChI is InChI=1S/C19H24N2/c1-3-21(4-2)19-14-12-18(13-15-19)20-16-8-11-17-9-6-5-7-10-17/h5-15,20H,3-4,16H2,1-2H3. The fraction of sp³-hybridized carbons (Fsp3) is 0.263. The largest absolute Gasteiger partial charge is 0.382 e. The van der Waals surface area contributed by atoms with Gasteiger partial charge in [0.1, 0.15) is 0 Å². The normalized spacial score (nSPS) is 10.8. The number of rotatable bonds is 7. The molecule has 0 aliphatic heterocycles. The Bertz CT molecular complexity index is 540. The van der Waals surface area contributed by atoms with Crippen molar-refractivity contribution in [2.45, 2.75) is 13.8 Å². The lowest BCUT2D eigenvalue weighted by atomic mass is 10.2. The molecule has 1 N–H and O–H groups in total. The molecule has 0 heterocycles. The second kappa shape index (κ2) is 8.15. The first-order valence-corrected chi connectivity index (χ1v) is 7.64. The molecule has 2 aromatic rings. The molecule has 0 aliphatic rings. The Balaban J connectivity index is 1.85. The van der Waals surface area contributed by atoms with E-state index in [-0.39, 0.29) is 0 Å². The fourth-order valence-electron chi connectivity index (χ4n) is 2.31. The van der Waals surface area contributed by atoms with E-state index in [0.29, 0.717) is 0 Å². The average molecular weight is 280 g/mol. The Labute approximate surface area is 128 Å². The lowest BCUT2D eigenvalue weighted by Crippen LogP contribution is -2.21. The topological polar surface area (TPSA) is 15.3 Å². The van der Waals surface area contributed by atoms with Gasteiger partial charge in [0.05, 0.1) is 0 Å². The van der Waals surface area contributed by atoms with Crippen molar-refractivity contribution in [2.24, 2.45) is 0 Å². The molecule has 0 amide bonds. The van der Waals surface area contributed by atoms with Gasteiger partial charge in [0.15, 0.2) is 0 Å². The third-order valence-electron chi connectivity index (χ3n) is 3.53. The molecule has 2 aromatic carbocycles. The maximum atomic E-state index is 3.41. The minimum atomic E-state index is 0.833. The first kappa shape index (κ1) is 15.2. The van der Waals surface area contributed by atoms with Gasteiger partial charge >= 0.3 is 0 Å². The van der Waals surface area contributed by atoms with Gasteiger partial charge < -0.3 is 10.2 Å². The van der Waals surface area contributed by atoms with Gasteiger partial charge in [0, 0.05) is 31.0 Å². The average Bonchev–Trinajstić information content (AvgIpc) is 2.55. The van der Waals surface area contributed by atoms with Crippen LogP contribution < -0.4 is 10.2 Å². The van der Waals surface area contributed by atoms with Crippen molar-refractivity contribution in [3.63, 3.8) is 0 Å². The molecule has 0 radical (unpaired) electrons. The smallest absolute Gasteiger partial charge is 0.0367 e. The lowest BCUT2D eigenvalue weighted by Gasteiger charge is -2.21. The highest BCUT2D eigenvalue weighted by atomic mass is 15.1. The van der Waals surface area contributed by atoms with E-state index in [1.165, 1.54) is 11.3 Å². The summed E-state index contributed by atoms with van der Waals surface area (Å²) in [4.78, 5) is 2.35. The molecule has 0 saturated heterocycles. The summed E-state index contributed by atoms with van der Waals surface area (Å²) in [5.41, 5.74) is 3.67. The first-order chi connectivity index (χ1) is 10.3. The van der Waals surface area contributed by atoms with E-state index < -0.39 is 0 Å². The van der Waals surface area contributed by atoms with Crippen LogP contribution >= 0.6 is 0 Å². The predicted molar refractivity (Wildman–Crippen MR) is 94.0 cm³/mol. The van der Waals surface area contributed by atoms with Crippen molar-refractivity contribution in [1.82, 2.24) is 0 Å². The predicted octanol–water partition coefficient (Wildman–Crippen LogP) is 4.66. The summed E-state index contributed by atoms with van der Waals surface area (Å²) >= 11 is 0. The zero-order chi connectivity index (χ0) is 14.9. The van der Waals surface area contributed by atoms with Crippen molar-refractivity contribution in [1.29, 1.82) is 0 Å². The van der Waals surface area contributed by atoms with Crippen LogP contribution in [0.1, 0.15) is 19.4 Å². The summed E-state index contributed by atoms with van der Waals surface area (Å²) in [6, 6.07) is 19.0. The van der Waals surface area contributed by atoms with Gasteiger partial charge in [-0.05, 0) is 43.7 Å². The van der Waals surface area contributed by atoms with Crippen LogP contribution in [-0.2, 0) is 0 Å². The van der Waals surface area contributed by atoms with Crippen LogP contribution in [0.2, 0.25) is 0 Å². The molecule has 0 spiro atoms. The lowest BCUT2D eigenvalue weighted by molar-refractivity contribution is 0.866. The molecule has 0 unspecified atom stereocenters. The van der Waals surface area contributed by atoms with Crippen molar-refractivity contribution in [3.05, 3.63) is 66.2 Å². The summed E-state index contributed by atoms with van der Waals surface area (Å²) in [5.74, 6) is 0. The molecule has 2 rings (SSSR count). The highest BCUT2D eigenvalue weighted by Gasteiger charge is 2.00. The third-order valence-corrected chi connectivity index (χ3v) is 3.53. The van der Waals surface area contributed by atoms with Gasteiger partial charge in [-0.2, -0.15) is 0 Å². The van der Waals surface area contributed by atoms with E-state index in [9.17, 15) is 0 Å². The van der Waals surface area contributed by atoms with Crippen molar-refractivity contribution < 1.29 is 0 Å². The van der Waals surface area contributed by atoms with E-state index in [4.69, 9.17) is 0 Å². The zero-order valence-corrected chi connectivity index (χ0v) is 12.9. The highest BCUT2D eigenvalue weighted by Crippen LogP contribution is 2.17. The van der Waals surface area contributed by atoms with Crippen molar-refractivity contribution in [3.8, 4) is 0 Å². The number of hydrogen-bond acceptors (Lipinski definition) is 2. The summed E-state index contributed by atoms with van der Waals surface area (Å²) in [6.07, 6.45) is 4.28. The number of hydrogen-bond donors (Lipinski definition) is 1. The summed E-state index contributed by atoms with van der Waals surface area (Å²) in [5, 5.41) is 3.41. The molecule has 0 fully saturated rings. The van der Waals surface area contributed by atoms with Gasteiger partial charge in [-0.15, -0.1) is 0 Å². The second-order valence-electron chi connectivity index (χ2n) is 4.91. The van der Waals surface area contributed by atoms with Gasteiger partial charge in [-0.25, -0.2) is 0 Å². The quantitative estimate of drug-likeness (QED) is 0.793. The molecule has 2 nitrogen and oxygen atoms in total. The van der Waals surface area contributed by atoms with Crippen LogP contribution in [0, 0.1) is 0 Å². The van der Waals surface area contributed by atoms with Gasteiger partial charge in [-0.3, -0.25) is 0 Å². The molecule has 0 aromatic heterocycles. The molecular formula is C19H24N2. The Kier molecular flexibility index (Phi) is 5.89. The Morgan fingerprint density at radius 3 is 2.19 bits per heavy atom. The fourth-order valence-corrected chi connectivity index (χ4v) is 2.31. The molecular weight excluding hydrogens is 256 g/mol. The molecule has 2 heteroatoms. The molecule has 0 atom stereocenters. The van der Waals surface area contributed by atoms with Gasteiger partial charge in [-0.1, -0.05) is 42.5 Å². The maximum Gasteiger partial charge on any atom is 0.0367 e. The van der Waals surface area contributed by atoms with Gasteiger partial charge in [0.25, 0.3) is 0 Å². The second-order valence-corrected chi connectivity index (χ2v) is 4.91. The summed E-state index contributed by atoms with van der Waals surface area (Å²) < 4.78 is 0. The van der Waals surface area contributed by atoms with Crippen LogP contribution in [-0.4, -0.2) is 19.6 Å². The zero-order valence-electron chi connectivity index (χ0n) is 12.9. The van der Waals surface area contributed by atoms with E-state index in [2.05, 4.69) is 84.7 Å². The van der Waals surface area contributed by atoms with Crippen LogP contribution in [0.3, 0.4) is 0 Å². The van der Waals surface area contributed by atoms with Gasteiger partial charge in [0.2, 0.25) is 0 Å². The minimum Gasteiger partial charge on any atom is -0.382 e. The van der Waals surface area contributed by atoms with E-state index >= 15 is 0 Å². The highest BCUT2D eigenvalue weighted by molar-refractivity contribution is 5.56. The Morgan fingerprint density at radius 1 is 0.905 bits per heavy atom. The monoisotopic (exact) mass is 280 g/mol.